The molecule has 0 bridgehead atoms. The molecule has 1 aliphatic heterocycles. The number of amides is 1. The number of rotatable bonds is 11. The summed E-state index contributed by atoms with van der Waals surface area (Å²) in [5.74, 6) is 0.212. The van der Waals surface area contributed by atoms with E-state index in [0.717, 1.165) is 12.8 Å². The molecule has 1 amide bonds. The van der Waals surface area contributed by atoms with Crippen LogP contribution in [-0.4, -0.2) is 33.3 Å². The topological polar surface area (TPSA) is 52.6 Å². The number of carbonyl (C=O) groups is 1. The van der Waals surface area contributed by atoms with Crippen LogP contribution in [0.2, 0.25) is 0 Å². The highest BCUT2D eigenvalue weighted by Crippen LogP contribution is 2.36. The van der Waals surface area contributed by atoms with Gasteiger partial charge in [-0.05, 0) is 90.2 Å². The zero-order valence-corrected chi connectivity index (χ0v) is 23.6. The predicted octanol–water partition coefficient (Wildman–Crippen LogP) is 7.99. The van der Waals surface area contributed by atoms with E-state index in [2.05, 4.69) is 25.2 Å². The van der Waals surface area contributed by atoms with E-state index in [1.807, 2.05) is 67.5 Å². The van der Waals surface area contributed by atoms with Gasteiger partial charge in [0.05, 0.1) is 5.92 Å². The van der Waals surface area contributed by atoms with Gasteiger partial charge in [0.15, 0.2) is 0 Å². The van der Waals surface area contributed by atoms with Crippen LogP contribution >= 0.6 is 0 Å². The molecule has 2 unspecified atom stereocenters. The van der Waals surface area contributed by atoms with Crippen LogP contribution in [0.4, 0.5) is 4.39 Å². The molecule has 1 heterocycles. The normalized spacial score (nSPS) is 20.9. The fourth-order valence-electron chi connectivity index (χ4n) is 4.64. The number of nitrogens with zero attached hydrogens (tertiary/aromatic N) is 1. The molecule has 1 rings (SSSR count). The monoisotopic (exact) mass is 480 g/mol. The lowest BCUT2D eigenvalue weighted by Crippen LogP contribution is -2.63. The number of nitrogens with one attached hydrogen (secondary N) is 1. The van der Waals surface area contributed by atoms with Crippen molar-refractivity contribution in [1.29, 1.82) is 0 Å². The van der Waals surface area contributed by atoms with Gasteiger partial charge in [0, 0.05) is 17.1 Å². The Morgan fingerprint density at radius 2 is 1.68 bits per heavy atom. The average molecular weight is 481 g/mol. The van der Waals surface area contributed by atoms with Crippen molar-refractivity contribution in [2.45, 2.75) is 125 Å². The summed E-state index contributed by atoms with van der Waals surface area (Å²) in [6, 6.07) is -0.00163. The fraction of sp³-hybridized carbons (Fsp3) is 0.759. The van der Waals surface area contributed by atoms with Gasteiger partial charge >= 0.3 is 0 Å². The van der Waals surface area contributed by atoms with Gasteiger partial charge in [0.2, 0.25) is 5.91 Å². The maximum atomic E-state index is 13.7. The molecule has 0 radical (unpaired) electrons. The summed E-state index contributed by atoms with van der Waals surface area (Å²) in [4.78, 5) is 13.3. The van der Waals surface area contributed by atoms with E-state index < -0.39 is 11.1 Å². The van der Waals surface area contributed by atoms with Crippen LogP contribution in [0.5, 0.6) is 0 Å². The Balaban J connectivity index is 0.00000529. The average Bonchev–Trinajstić information content (AvgIpc) is 2.73. The smallest absolute Gasteiger partial charge is 0.227 e. The van der Waals surface area contributed by atoms with Gasteiger partial charge in [-0.1, -0.05) is 59.8 Å². The number of carbonyl (C=O) groups excluding carboxylic acids is 1. The van der Waals surface area contributed by atoms with Gasteiger partial charge in [-0.15, -0.1) is 0 Å². The number of hydrogen-bond acceptors (Lipinski definition) is 3. The predicted molar refractivity (Wildman–Crippen MR) is 143 cm³/mol. The highest BCUT2D eigenvalue weighted by atomic mass is 19.1. The number of allylic oxidation sites excluding steroid dienone is 5. The maximum absolute atomic E-state index is 13.7. The van der Waals surface area contributed by atoms with Gasteiger partial charge < -0.3 is 10.5 Å². The summed E-state index contributed by atoms with van der Waals surface area (Å²) < 4.78 is 13.7. The summed E-state index contributed by atoms with van der Waals surface area (Å²) in [5.41, 5.74) is -0.830. The first kappa shape index (κ1) is 32.5. The summed E-state index contributed by atoms with van der Waals surface area (Å²) in [5, 5.41) is 15.2. The van der Waals surface area contributed by atoms with Crippen molar-refractivity contribution in [2.75, 3.05) is 0 Å². The van der Waals surface area contributed by atoms with Crippen LogP contribution in [-0.2, 0) is 4.79 Å². The second-order valence-electron chi connectivity index (χ2n) is 11.1. The Labute approximate surface area is 209 Å². The van der Waals surface area contributed by atoms with Crippen molar-refractivity contribution in [3.8, 4) is 0 Å². The molecule has 34 heavy (non-hydrogen) atoms. The molecule has 4 nitrogen and oxygen atoms in total. The van der Waals surface area contributed by atoms with E-state index >= 15 is 0 Å². The molecule has 2 atom stereocenters. The molecule has 0 aliphatic carbocycles. The Morgan fingerprint density at radius 3 is 2.18 bits per heavy atom. The van der Waals surface area contributed by atoms with Gasteiger partial charge in [0.1, 0.15) is 5.83 Å². The molecule has 0 aromatic rings. The molecule has 1 saturated heterocycles. The molecule has 0 saturated carbocycles. The quantitative estimate of drug-likeness (QED) is 0.233. The summed E-state index contributed by atoms with van der Waals surface area (Å²) in [7, 11) is 0. The molecule has 2 N–H and O–H groups in total. The third-order valence-electron chi connectivity index (χ3n) is 6.21. The highest BCUT2D eigenvalue weighted by molar-refractivity contribution is 5.80. The van der Waals surface area contributed by atoms with E-state index in [1.165, 1.54) is 11.1 Å². The van der Waals surface area contributed by atoms with E-state index in [9.17, 15) is 14.4 Å². The van der Waals surface area contributed by atoms with E-state index in [4.69, 9.17) is 0 Å². The number of hydroxylamine groups is 2. The summed E-state index contributed by atoms with van der Waals surface area (Å²) in [6.07, 6.45) is 13.7. The maximum Gasteiger partial charge on any atom is 0.227 e. The van der Waals surface area contributed by atoms with Crippen molar-refractivity contribution in [2.24, 2.45) is 17.8 Å². The van der Waals surface area contributed by atoms with E-state index in [1.54, 1.807) is 6.08 Å². The van der Waals surface area contributed by atoms with Gasteiger partial charge in [-0.3, -0.25) is 4.79 Å². The number of piperidine rings is 1. The van der Waals surface area contributed by atoms with Crippen molar-refractivity contribution in [1.82, 2.24) is 10.4 Å². The molecule has 1 aliphatic rings. The lowest BCUT2D eigenvalue weighted by atomic mass is 9.78. The second kappa shape index (κ2) is 15.5. The van der Waals surface area contributed by atoms with Crippen molar-refractivity contribution < 1.29 is 14.4 Å². The number of halogens is 1. The van der Waals surface area contributed by atoms with Crippen molar-refractivity contribution >= 4 is 5.91 Å². The fourth-order valence-corrected chi connectivity index (χ4v) is 4.64. The first-order chi connectivity index (χ1) is 15.8. The lowest BCUT2D eigenvalue weighted by molar-refractivity contribution is -0.246. The second-order valence-corrected chi connectivity index (χ2v) is 11.1. The Bertz CT molecular complexity index is 662. The van der Waals surface area contributed by atoms with Crippen LogP contribution in [0, 0.1) is 17.8 Å². The molecule has 0 spiro atoms. The van der Waals surface area contributed by atoms with Gasteiger partial charge in [0.25, 0.3) is 0 Å². The van der Waals surface area contributed by atoms with Crippen LogP contribution in [0.1, 0.15) is 108 Å². The highest BCUT2D eigenvalue weighted by Gasteiger charge is 2.45. The van der Waals surface area contributed by atoms with Crippen LogP contribution in [0.15, 0.2) is 36.2 Å². The minimum absolute atomic E-state index is 0.00163. The molecule has 0 aromatic carbocycles. The Hall–Kier alpha value is -1.46. The Kier molecular flexibility index (Phi) is 14.9. The Morgan fingerprint density at radius 1 is 1.12 bits per heavy atom. The minimum Gasteiger partial charge on any atom is -0.353 e. The van der Waals surface area contributed by atoms with Crippen LogP contribution in [0.25, 0.3) is 0 Å². The summed E-state index contributed by atoms with van der Waals surface area (Å²) in [6.45, 7) is 20.3. The standard InChI is InChI=1S/C27H47FN2O2.C2H6/c1-9-12-23(28)16-15-21(4)17-22(14-11-10-13-20(2)3)25(31)29-24-18-26(5,6)30(32)27(7,8)19-24;1-2/h11-12,14-16,20-22,24,32H,9-10,13,17-19H2,1-8H3,(H,29,31);1-2H3/b14-11+,16-15-,23-12+;. The first-order valence-electron chi connectivity index (χ1n) is 13.3. The lowest BCUT2D eigenvalue weighted by Gasteiger charge is -2.51. The van der Waals surface area contributed by atoms with Crippen LogP contribution < -0.4 is 5.32 Å². The van der Waals surface area contributed by atoms with Crippen molar-refractivity contribution in [3.05, 3.63) is 36.2 Å². The molecule has 0 aromatic heterocycles. The number of hydrogen-bond donors (Lipinski definition) is 2. The molecule has 1 fully saturated rings. The molecule has 5 heteroatoms. The van der Waals surface area contributed by atoms with Crippen LogP contribution in [0.3, 0.4) is 0 Å². The van der Waals surface area contributed by atoms with Crippen molar-refractivity contribution in [3.63, 3.8) is 0 Å². The zero-order valence-electron chi connectivity index (χ0n) is 23.6. The molecule has 198 valence electrons. The molecular weight excluding hydrogens is 427 g/mol. The zero-order chi connectivity index (χ0) is 26.5. The van der Waals surface area contributed by atoms with E-state index in [-0.39, 0.29) is 29.6 Å². The first-order valence-corrected chi connectivity index (χ1v) is 13.3. The third kappa shape index (κ3) is 11.8. The minimum atomic E-state index is -0.415. The van der Waals surface area contributed by atoms with E-state index in [0.29, 0.717) is 31.6 Å². The SMILES string of the molecule is CC.CC/C=C(F)\C=C/C(C)CC(/C=C/CCC(C)C)C(=O)NC1CC(C)(C)N(O)C(C)(C)C1. The largest absolute Gasteiger partial charge is 0.353 e. The van der Waals surface area contributed by atoms with Gasteiger partial charge in [-0.25, -0.2) is 4.39 Å². The summed E-state index contributed by atoms with van der Waals surface area (Å²) >= 11 is 0. The third-order valence-corrected chi connectivity index (χ3v) is 6.21. The molecular formula is C29H53FN2O2. The van der Waals surface area contributed by atoms with Gasteiger partial charge in [-0.2, -0.15) is 5.06 Å².